The van der Waals surface area contributed by atoms with Gasteiger partial charge in [-0.3, -0.25) is 0 Å². The summed E-state index contributed by atoms with van der Waals surface area (Å²) in [5.41, 5.74) is 3.52. The van der Waals surface area contributed by atoms with Crippen molar-refractivity contribution in [1.29, 1.82) is 0 Å². The molecule has 94 valence electrons. The van der Waals surface area contributed by atoms with Crippen LogP contribution in [0.5, 0.6) is 0 Å². The first-order chi connectivity index (χ1) is 8.02. The van der Waals surface area contributed by atoms with Gasteiger partial charge < -0.3 is 10.5 Å². The second kappa shape index (κ2) is 5.62. The van der Waals surface area contributed by atoms with Crippen LogP contribution in [0.15, 0.2) is 6.20 Å². The second-order valence-corrected chi connectivity index (χ2v) is 3.08. The van der Waals surface area contributed by atoms with E-state index in [0.29, 0.717) is 0 Å². The van der Waals surface area contributed by atoms with Crippen molar-refractivity contribution < 1.29 is 22.7 Å². The van der Waals surface area contributed by atoms with E-state index in [1.54, 1.807) is 0 Å². The molecule has 1 heterocycles. The molecule has 0 aliphatic rings. The highest BCUT2D eigenvalue weighted by Crippen LogP contribution is 2.25. The van der Waals surface area contributed by atoms with Crippen LogP contribution in [0.25, 0.3) is 0 Å². The Morgan fingerprint density at radius 3 is 2.71 bits per heavy atom. The van der Waals surface area contributed by atoms with Gasteiger partial charge in [0.2, 0.25) is 0 Å². The average Bonchev–Trinajstić information content (AvgIpc) is 2.28. The van der Waals surface area contributed by atoms with E-state index >= 15 is 0 Å². The van der Waals surface area contributed by atoms with Gasteiger partial charge in [0.1, 0.15) is 0 Å². The Balaban J connectivity index is 3.24. The molecular formula is C10H11F3N2O2. The number of hydrogen-bond acceptors (Lipinski definition) is 4. The van der Waals surface area contributed by atoms with Crippen molar-refractivity contribution in [1.82, 2.24) is 4.98 Å². The van der Waals surface area contributed by atoms with Crippen LogP contribution in [0.2, 0.25) is 0 Å². The summed E-state index contributed by atoms with van der Waals surface area (Å²) in [6.45, 7) is 1.13. The zero-order chi connectivity index (χ0) is 13.0. The number of nitrogens with two attached hydrogens (primary N) is 1. The first-order valence-corrected chi connectivity index (χ1v) is 4.85. The second-order valence-electron chi connectivity index (χ2n) is 3.08. The maximum absolute atomic E-state index is 13.7. The van der Waals surface area contributed by atoms with Gasteiger partial charge in [-0.2, -0.15) is 0 Å². The van der Waals surface area contributed by atoms with Crippen LogP contribution in [-0.2, 0) is 11.3 Å². The number of nitrogens with zero attached hydrogens (tertiary/aromatic N) is 1. The first-order valence-electron chi connectivity index (χ1n) is 4.85. The number of esters is 1. The summed E-state index contributed by atoms with van der Waals surface area (Å²) in [7, 11) is 0. The van der Waals surface area contributed by atoms with E-state index in [9.17, 15) is 18.0 Å². The molecule has 1 aromatic heterocycles. The quantitative estimate of drug-likeness (QED) is 0.825. The maximum Gasteiger partial charge on any atom is 0.360 e. The van der Waals surface area contributed by atoms with Crippen molar-refractivity contribution in [3.8, 4) is 0 Å². The molecule has 0 bridgehead atoms. The fourth-order valence-electron chi connectivity index (χ4n) is 1.28. The fourth-order valence-corrected chi connectivity index (χ4v) is 1.28. The monoisotopic (exact) mass is 248 g/mol. The van der Waals surface area contributed by atoms with Crippen LogP contribution in [0.4, 0.5) is 13.2 Å². The van der Waals surface area contributed by atoms with E-state index in [0.717, 1.165) is 6.20 Å². The minimum absolute atomic E-state index is 0.0362. The van der Waals surface area contributed by atoms with Gasteiger partial charge in [0.15, 0.2) is 11.5 Å². The fraction of sp³-hybridized carbons (Fsp3) is 0.400. The van der Waals surface area contributed by atoms with E-state index in [4.69, 9.17) is 5.73 Å². The van der Waals surface area contributed by atoms with Crippen molar-refractivity contribution in [3.63, 3.8) is 0 Å². The number of carbonyl (C=O) groups is 1. The molecule has 0 atom stereocenters. The Labute approximate surface area is 95.6 Å². The molecule has 0 amide bonds. The number of ether oxygens (including phenoxy) is 1. The standard InChI is InChI=1S/C10H11F3N2O2/c1-2-17-10(16)8-7(11)5(3-14)6(4-15-8)9(12)13/h4,9H,2-3,14H2,1H3. The summed E-state index contributed by atoms with van der Waals surface area (Å²) in [6.07, 6.45) is -2.16. The van der Waals surface area contributed by atoms with Crippen molar-refractivity contribution in [3.05, 3.63) is 28.8 Å². The first kappa shape index (κ1) is 13.4. The molecule has 0 spiro atoms. The number of halogens is 3. The molecule has 1 aromatic rings. The minimum atomic E-state index is -2.90. The molecule has 1 rings (SSSR count). The van der Waals surface area contributed by atoms with E-state index in [-0.39, 0.29) is 6.61 Å². The molecule has 0 fully saturated rings. The van der Waals surface area contributed by atoms with Crippen LogP contribution >= 0.6 is 0 Å². The number of pyridine rings is 1. The van der Waals surface area contributed by atoms with Gasteiger partial charge in [-0.1, -0.05) is 0 Å². The normalized spacial score (nSPS) is 10.7. The topological polar surface area (TPSA) is 65.2 Å². The Bertz CT molecular complexity index is 424. The molecule has 2 N–H and O–H groups in total. The Hall–Kier alpha value is -1.63. The molecule has 0 radical (unpaired) electrons. The van der Waals surface area contributed by atoms with Gasteiger partial charge in [-0.05, 0) is 6.92 Å². The summed E-state index contributed by atoms with van der Waals surface area (Å²) in [4.78, 5) is 14.6. The van der Waals surface area contributed by atoms with Crippen molar-refractivity contribution in [2.24, 2.45) is 5.73 Å². The third-order valence-corrected chi connectivity index (χ3v) is 2.06. The molecule has 0 aliphatic heterocycles. The van der Waals surface area contributed by atoms with Gasteiger partial charge in [-0.15, -0.1) is 0 Å². The lowest BCUT2D eigenvalue weighted by molar-refractivity contribution is 0.0512. The van der Waals surface area contributed by atoms with Crippen LogP contribution < -0.4 is 5.73 Å². The molecule has 0 aromatic carbocycles. The lowest BCUT2D eigenvalue weighted by Crippen LogP contribution is -2.15. The Kier molecular flexibility index (Phi) is 4.45. The summed E-state index contributed by atoms with van der Waals surface area (Å²) in [6, 6.07) is 0. The van der Waals surface area contributed by atoms with Gasteiger partial charge in [0, 0.05) is 23.9 Å². The SMILES string of the molecule is CCOC(=O)c1ncc(C(F)F)c(CN)c1F. The predicted molar refractivity (Wildman–Crippen MR) is 53.0 cm³/mol. The Morgan fingerprint density at radius 2 is 2.24 bits per heavy atom. The Morgan fingerprint density at radius 1 is 1.59 bits per heavy atom. The maximum atomic E-state index is 13.7. The van der Waals surface area contributed by atoms with E-state index < -0.39 is 41.6 Å². The highest BCUT2D eigenvalue weighted by Gasteiger charge is 2.23. The van der Waals surface area contributed by atoms with Crippen LogP contribution in [0.1, 0.15) is 35.0 Å². The van der Waals surface area contributed by atoms with Crippen molar-refractivity contribution in [2.45, 2.75) is 19.9 Å². The number of carbonyl (C=O) groups excluding carboxylic acids is 1. The third kappa shape index (κ3) is 2.73. The molecule has 17 heavy (non-hydrogen) atoms. The zero-order valence-corrected chi connectivity index (χ0v) is 9.04. The molecule has 0 unspecified atom stereocenters. The minimum Gasteiger partial charge on any atom is -0.461 e. The zero-order valence-electron chi connectivity index (χ0n) is 9.04. The lowest BCUT2D eigenvalue weighted by Gasteiger charge is -2.10. The molecular weight excluding hydrogens is 237 g/mol. The number of rotatable bonds is 4. The molecule has 0 saturated carbocycles. The largest absolute Gasteiger partial charge is 0.461 e. The number of hydrogen-bond donors (Lipinski definition) is 1. The predicted octanol–water partition coefficient (Wildman–Crippen LogP) is 1.79. The molecule has 7 heteroatoms. The number of alkyl halides is 2. The van der Waals surface area contributed by atoms with Gasteiger partial charge in [-0.25, -0.2) is 22.9 Å². The van der Waals surface area contributed by atoms with Gasteiger partial charge in [0.05, 0.1) is 6.61 Å². The summed E-state index contributed by atoms with van der Waals surface area (Å²) >= 11 is 0. The average molecular weight is 248 g/mol. The highest BCUT2D eigenvalue weighted by molar-refractivity contribution is 5.87. The van der Waals surface area contributed by atoms with Crippen molar-refractivity contribution >= 4 is 5.97 Å². The van der Waals surface area contributed by atoms with Crippen molar-refractivity contribution in [2.75, 3.05) is 6.61 Å². The van der Waals surface area contributed by atoms with Gasteiger partial charge in [0.25, 0.3) is 6.43 Å². The summed E-state index contributed by atoms with van der Waals surface area (Å²) < 4.78 is 43.2. The molecule has 4 nitrogen and oxygen atoms in total. The summed E-state index contributed by atoms with van der Waals surface area (Å²) in [5, 5.41) is 0. The summed E-state index contributed by atoms with van der Waals surface area (Å²) in [5.74, 6) is -2.15. The molecule has 0 saturated heterocycles. The van der Waals surface area contributed by atoms with Crippen LogP contribution in [0, 0.1) is 5.82 Å². The third-order valence-electron chi connectivity index (χ3n) is 2.06. The number of aromatic nitrogens is 1. The van der Waals surface area contributed by atoms with E-state index in [1.807, 2.05) is 0 Å². The highest BCUT2D eigenvalue weighted by atomic mass is 19.3. The smallest absolute Gasteiger partial charge is 0.360 e. The van der Waals surface area contributed by atoms with Crippen LogP contribution in [0.3, 0.4) is 0 Å². The van der Waals surface area contributed by atoms with Gasteiger partial charge >= 0.3 is 5.97 Å². The lowest BCUT2D eigenvalue weighted by atomic mass is 10.1. The molecule has 0 aliphatic carbocycles. The van der Waals surface area contributed by atoms with E-state index in [1.165, 1.54) is 6.92 Å². The van der Waals surface area contributed by atoms with Crippen LogP contribution in [-0.4, -0.2) is 17.6 Å². The van der Waals surface area contributed by atoms with E-state index in [2.05, 4.69) is 9.72 Å².